The highest BCUT2D eigenvalue weighted by Crippen LogP contribution is 2.30. The third kappa shape index (κ3) is 4.08. The second kappa shape index (κ2) is 7.68. The SMILES string of the molecule is COc1ccc(-c2ccc(/C=N/NC(=O)c3ccccc3)o2)cc1Cl. The Morgan fingerprint density at radius 3 is 2.68 bits per heavy atom. The topological polar surface area (TPSA) is 63.8 Å². The Labute approximate surface area is 149 Å². The molecule has 1 aromatic heterocycles. The van der Waals surface area contributed by atoms with Crippen molar-refractivity contribution in [3.05, 3.63) is 77.0 Å². The van der Waals surface area contributed by atoms with Gasteiger partial charge in [-0.1, -0.05) is 29.8 Å². The third-order valence-corrected chi connectivity index (χ3v) is 3.75. The molecule has 3 aromatic rings. The van der Waals surface area contributed by atoms with Gasteiger partial charge in [-0.3, -0.25) is 4.79 Å². The van der Waals surface area contributed by atoms with Gasteiger partial charge in [0, 0.05) is 11.1 Å². The van der Waals surface area contributed by atoms with Gasteiger partial charge in [0.25, 0.3) is 5.91 Å². The van der Waals surface area contributed by atoms with E-state index in [2.05, 4.69) is 10.5 Å². The number of methoxy groups -OCH3 is 1. The molecule has 0 unspecified atom stereocenters. The molecular weight excluding hydrogens is 340 g/mol. The van der Waals surface area contributed by atoms with Crippen molar-refractivity contribution in [1.82, 2.24) is 5.43 Å². The number of hydrogen-bond acceptors (Lipinski definition) is 4. The minimum atomic E-state index is -0.287. The fourth-order valence-corrected chi connectivity index (χ4v) is 2.46. The lowest BCUT2D eigenvalue weighted by Crippen LogP contribution is -2.17. The average Bonchev–Trinajstić information content (AvgIpc) is 3.11. The van der Waals surface area contributed by atoms with Gasteiger partial charge >= 0.3 is 0 Å². The molecule has 0 saturated carbocycles. The Balaban J connectivity index is 1.67. The second-order valence-electron chi connectivity index (χ2n) is 5.12. The van der Waals surface area contributed by atoms with Crippen LogP contribution < -0.4 is 10.2 Å². The van der Waals surface area contributed by atoms with Crippen molar-refractivity contribution in [2.24, 2.45) is 5.10 Å². The summed E-state index contributed by atoms with van der Waals surface area (Å²) in [6.45, 7) is 0. The van der Waals surface area contributed by atoms with Gasteiger partial charge < -0.3 is 9.15 Å². The summed E-state index contributed by atoms with van der Waals surface area (Å²) in [5.41, 5.74) is 3.81. The van der Waals surface area contributed by atoms with E-state index < -0.39 is 0 Å². The minimum Gasteiger partial charge on any atom is -0.495 e. The number of carbonyl (C=O) groups is 1. The van der Waals surface area contributed by atoms with Crippen molar-refractivity contribution in [2.75, 3.05) is 7.11 Å². The maximum atomic E-state index is 11.9. The summed E-state index contributed by atoms with van der Waals surface area (Å²) in [7, 11) is 1.56. The van der Waals surface area contributed by atoms with Gasteiger partial charge in [-0.2, -0.15) is 5.10 Å². The first-order chi connectivity index (χ1) is 12.2. The summed E-state index contributed by atoms with van der Waals surface area (Å²) in [4.78, 5) is 11.9. The zero-order valence-electron chi connectivity index (χ0n) is 13.4. The highest BCUT2D eigenvalue weighted by atomic mass is 35.5. The number of ether oxygens (including phenoxy) is 1. The maximum Gasteiger partial charge on any atom is 0.271 e. The number of furan rings is 1. The van der Waals surface area contributed by atoms with Crippen molar-refractivity contribution in [2.45, 2.75) is 0 Å². The molecule has 1 heterocycles. The number of hydrogen-bond donors (Lipinski definition) is 1. The summed E-state index contributed by atoms with van der Waals surface area (Å²) < 4.78 is 10.8. The average molecular weight is 355 g/mol. The Hall–Kier alpha value is -3.05. The van der Waals surface area contributed by atoms with E-state index in [0.29, 0.717) is 27.9 Å². The van der Waals surface area contributed by atoms with Crippen molar-refractivity contribution in [1.29, 1.82) is 0 Å². The number of hydrazone groups is 1. The first kappa shape index (κ1) is 16.8. The predicted octanol–water partition coefficient (Wildman–Crippen LogP) is 4.37. The molecule has 0 aliphatic heterocycles. The molecule has 0 radical (unpaired) electrons. The lowest BCUT2D eigenvalue weighted by atomic mass is 10.2. The fraction of sp³-hybridized carbons (Fsp3) is 0.0526. The molecule has 0 spiro atoms. The highest BCUT2D eigenvalue weighted by Gasteiger charge is 2.08. The fourth-order valence-electron chi connectivity index (χ4n) is 2.21. The highest BCUT2D eigenvalue weighted by molar-refractivity contribution is 6.32. The third-order valence-electron chi connectivity index (χ3n) is 3.46. The van der Waals surface area contributed by atoms with E-state index in [1.54, 1.807) is 55.6 Å². The summed E-state index contributed by atoms with van der Waals surface area (Å²) in [5.74, 6) is 1.46. The van der Waals surface area contributed by atoms with Crippen LogP contribution in [0, 0.1) is 0 Å². The van der Waals surface area contributed by atoms with Crippen molar-refractivity contribution < 1.29 is 13.9 Å². The van der Waals surface area contributed by atoms with Crippen LogP contribution in [0.4, 0.5) is 0 Å². The molecule has 25 heavy (non-hydrogen) atoms. The van der Waals surface area contributed by atoms with Crippen molar-refractivity contribution in [3.8, 4) is 17.1 Å². The molecule has 2 aromatic carbocycles. The molecule has 5 nitrogen and oxygen atoms in total. The van der Waals surface area contributed by atoms with Crippen LogP contribution in [0.3, 0.4) is 0 Å². The number of halogens is 1. The van der Waals surface area contributed by atoms with Crippen LogP contribution in [-0.2, 0) is 0 Å². The monoisotopic (exact) mass is 354 g/mol. The molecule has 0 atom stereocenters. The first-order valence-corrected chi connectivity index (χ1v) is 7.87. The van der Waals surface area contributed by atoms with Crippen LogP contribution >= 0.6 is 11.6 Å². The summed E-state index contributed by atoms with van der Waals surface area (Å²) >= 11 is 6.12. The van der Waals surface area contributed by atoms with Crippen molar-refractivity contribution >= 4 is 23.7 Å². The van der Waals surface area contributed by atoms with E-state index >= 15 is 0 Å². The van der Waals surface area contributed by atoms with Crippen LogP contribution in [0.15, 0.2) is 70.2 Å². The normalized spacial score (nSPS) is 10.8. The van der Waals surface area contributed by atoms with Crippen LogP contribution in [0.5, 0.6) is 5.75 Å². The largest absolute Gasteiger partial charge is 0.495 e. The smallest absolute Gasteiger partial charge is 0.271 e. The molecule has 0 fully saturated rings. The van der Waals surface area contributed by atoms with E-state index in [9.17, 15) is 4.79 Å². The lowest BCUT2D eigenvalue weighted by Gasteiger charge is -2.04. The molecule has 1 amide bonds. The van der Waals surface area contributed by atoms with Gasteiger partial charge in [0.1, 0.15) is 17.3 Å². The molecule has 126 valence electrons. The standard InChI is InChI=1S/C19H15ClN2O3/c1-24-18-9-7-14(11-16(18)20)17-10-8-15(25-17)12-21-22-19(23)13-5-3-2-4-6-13/h2-12H,1H3,(H,22,23)/b21-12+. The number of carbonyl (C=O) groups excluding carboxylic acids is 1. The second-order valence-corrected chi connectivity index (χ2v) is 5.52. The maximum absolute atomic E-state index is 11.9. The van der Waals surface area contributed by atoms with Gasteiger partial charge in [0.2, 0.25) is 0 Å². The summed E-state index contributed by atoms with van der Waals surface area (Å²) in [6, 6.07) is 17.8. The van der Waals surface area contributed by atoms with E-state index in [4.69, 9.17) is 20.8 Å². The van der Waals surface area contributed by atoms with Crippen molar-refractivity contribution in [3.63, 3.8) is 0 Å². The van der Waals surface area contributed by atoms with E-state index in [-0.39, 0.29) is 5.91 Å². The quantitative estimate of drug-likeness (QED) is 0.546. The van der Waals surface area contributed by atoms with Gasteiger partial charge in [0.15, 0.2) is 0 Å². The van der Waals surface area contributed by atoms with Gasteiger partial charge in [-0.25, -0.2) is 5.43 Å². The van der Waals surface area contributed by atoms with Gasteiger partial charge in [0.05, 0.1) is 18.3 Å². The molecule has 0 aliphatic carbocycles. The molecule has 0 saturated heterocycles. The first-order valence-electron chi connectivity index (χ1n) is 7.49. The number of benzene rings is 2. The predicted molar refractivity (Wildman–Crippen MR) is 97.2 cm³/mol. The lowest BCUT2D eigenvalue weighted by molar-refractivity contribution is 0.0955. The molecule has 0 bridgehead atoms. The minimum absolute atomic E-state index is 0.287. The molecule has 6 heteroatoms. The molecule has 0 aliphatic rings. The zero-order chi connectivity index (χ0) is 17.6. The Bertz CT molecular complexity index is 904. The number of amides is 1. The number of nitrogens with zero attached hydrogens (tertiary/aromatic N) is 1. The van der Waals surface area contributed by atoms with E-state index in [1.807, 2.05) is 12.1 Å². The summed E-state index contributed by atoms with van der Waals surface area (Å²) in [6.07, 6.45) is 1.44. The number of rotatable bonds is 5. The van der Waals surface area contributed by atoms with Crippen LogP contribution in [0.1, 0.15) is 16.1 Å². The van der Waals surface area contributed by atoms with Crippen LogP contribution in [0.2, 0.25) is 5.02 Å². The molecule has 3 rings (SSSR count). The zero-order valence-corrected chi connectivity index (χ0v) is 14.2. The summed E-state index contributed by atoms with van der Waals surface area (Å²) in [5, 5.41) is 4.41. The van der Waals surface area contributed by atoms with Crippen LogP contribution in [-0.4, -0.2) is 19.2 Å². The Kier molecular flexibility index (Phi) is 5.16. The molecular formula is C19H15ClN2O3. The van der Waals surface area contributed by atoms with E-state index in [0.717, 1.165) is 5.56 Å². The number of nitrogens with one attached hydrogen (secondary N) is 1. The Morgan fingerprint density at radius 1 is 1.16 bits per heavy atom. The van der Waals surface area contributed by atoms with Gasteiger partial charge in [-0.15, -0.1) is 0 Å². The molecule has 1 N–H and O–H groups in total. The van der Waals surface area contributed by atoms with Gasteiger partial charge in [-0.05, 0) is 42.5 Å². The van der Waals surface area contributed by atoms with E-state index in [1.165, 1.54) is 6.21 Å². The Morgan fingerprint density at radius 2 is 1.96 bits per heavy atom. The van der Waals surface area contributed by atoms with Crippen LogP contribution in [0.25, 0.3) is 11.3 Å².